The molecule has 1 aromatic rings. The number of allylic oxidation sites excluding steroid dienone is 3. The third-order valence-electron chi connectivity index (χ3n) is 3.76. The molecule has 2 atom stereocenters. The van der Waals surface area contributed by atoms with Crippen molar-refractivity contribution < 1.29 is 30.5 Å². The van der Waals surface area contributed by atoms with Crippen molar-refractivity contribution in [3.05, 3.63) is 58.5 Å². The quantitative estimate of drug-likeness (QED) is 0.509. The molecule has 0 saturated heterocycles. The molecule has 0 radical (unpaired) electrons. The van der Waals surface area contributed by atoms with E-state index < -0.39 is 32.8 Å². The minimum Gasteiger partial charge on any atom is -0.382 e. The Labute approximate surface area is 155 Å². The molecule has 144 valence electrons. The summed E-state index contributed by atoms with van der Waals surface area (Å²) in [6.45, 7) is 1.59. The van der Waals surface area contributed by atoms with Gasteiger partial charge in [-0.25, -0.2) is 0 Å². The molecule has 0 aliphatic heterocycles. The van der Waals surface area contributed by atoms with Gasteiger partial charge in [-0.05, 0) is 37.1 Å². The fourth-order valence-electron chi connectivity index (χ4n) is 2.30. The fourth-order valence-corrected chi connectivity index (χ4v) is 3.55. The number of alkyl halides is 4. The van der Waals surface area contributed by atoms with Gasteiger partial charge in [-0.15, -0.1) is 11.6 Å². The monoisotopic (exact) mass is 410 g/mol. The van der Waals surface area contributed by atoms with Gasteiger partial charge in [0.2, 0.25) is 0 Å². The second-order valence-electron chi connectivity index (χ2n) is 6.04. The topological polar surface area (TPSA) is 52.6 Å². The predicted octanol–water partition coefficient (Wildman–Crippen LogP) is 4.58. The van der Waals surface area contributed by atoms with E-state index in [-0.39, 0.29) is 17.1 Å². The third-order valence-corrected chi connectivity index (χ3v) is 5.40. The Hall–Kier alpha value is -1.35. The first-order chi connectivity index (χ1) is 11.9. The van der Waals surface area contributed by atoms with Crippen molar-refractivity contribution in [1.82, 2.24) is 0 Å². The van der Waals surface area contributed by atoms with Crippen LogP contribution in [0.25, 0.3) is 0 Å². The van der Waals surface area contributed by atoms with Crippen molar-refractivity contribution in [2.24, 2.45) is 0 Å². The van der Waals surface area contributed by atoms with Gasteiger partial charge >= 0.3 is 6.18 Å². The maximum absolute atomic E-state index is 12.7. The number of hydrogen-bond acceptors (Lipinski definition) is 4. The molecule has 0 saturated carbocycles. The Bertz CT molecular complexity index is 796. The number of ether oxygens (including phenoxy) is 1. The molecule has 1 aromatic carbocycles. The first-order valence-electron chi connectivity index (χ1n) is 7.62. The summed E-state index contributed by atoms with van der Waals surface area (Å²) in [5.74, 6) is 0. The van der Waals surface area contributed by atoms with Gasteiger partial charge in [0, 0.05) is 7.11 Å². The Kier molecular flexibility index (Phi) is 6.22. The number of hydrogen-bond donors (Lipinski definition) is 0. The molecular weight excluding hydrogens is 393 g/mol. The Morgan fingerprint density at radius 3 is 2.35 bits per heavy atom. The van der Waals surface area contributed by atoms with Crippen LogP contribution in [0.15, 0.2) is 47.4 Å². The van der Waals surface area contributed by atoms with Crippen LogP contribution in [0.5, 0.6) is 0 Å². The highest BCUT2D eigenvalue weighted by molar-refractivity contribution is 7.90. The molecule has 1 aliphatic carbocycles. The highest BCUT2D eigenvalue weighted by atomic mass is 35.5. The second-order valence-corrected chi connectivity index (χ2v) is 8.47. The SMILES string of the molecule is COCC(OS(=O)(=O)C1=CCC(C)(Cl)C=C1)c1ccc(C(F)(F)F)cc1. The molecule has 0 aromatic heterocycles. The average Bonchev–Trinajstić information content (AvgIpc) is 2.53. The molecule has 0 fully saturated rings. The lowest BCUT2D eigenvalue weighted by atomic mass is 10.0. The number of halogens is 4. The fraction of sp³-hybridized carbons (Fsp3) is 0.412. The smallest absolute Gasteiger partial charge is 0.382 e. The lowest BCUT2D eigenvalue weighted by molar-refractivity contribution is -0.137. The predicted molar refractivity (Wildman–Crippen MR) is 92.2 cm³/mol. The van der Waals surface area contributed by atoms with Gasteiger partial charge in [0.25, 0.3) is 10.1 Å². The highest BCUT2D eigenvalue weighted by Crippen LogP contribution is 2.33. The molecule has 2 unspecified atom stereocenters. The molecule has 0 amide bonds. The molecule has 4 nitrogen and oxygen atoms in total. The summed E-state index contributed by atoms with van der Waals surface area (Å²) in [7, 11) is -2.79. The molecule has 0 spiro atoms. The summed E-state index contributed by atoms with van der Waals surface area (Å²) in [6.07, 6.45) is -0.909. The van der Waals surface area contributed by atoms with Crippen LogP contribution in [0, 0.1) is 0 Å². The number of methoxy groups -OCH3 is 1. The molecular formula is C17H18ClF3O4S. The van der Waals surface area contributed by atoms with Crippen molar-refractivity contribution in [2.75, 3.05) is 13.7 Å². The Morgan fingerprint density at radius 1 is 1.27 bits per heavy atom. The van der Waals surface area contributed by atoms with Crippen LogP contribution in [0.4, 0.5) is 13.2 Å². The van der Waals surface area contributed by atoms with Crippen molar-refractivity contribution in [1.29, 1.82) is 0 Å². The van der Waals surface area contributed by atoms with Gasteiger partial charge in [-0.3, -0.25) is 4.18 Å². The third kappa shape index (κ3) is 5.33. The lowest BCUT2D eigenvalue weighted by Crippen LogP contribution is -2.20. The van der Waals surface area contributed by atoms with Crippen molar-refractivity contribution >= 4 is 21.7 Å². The maximum Gasteiger partial charge on any atom is 0.416 e. The normalized spacial score (nSPS) is 22.2. The zero-order chi connectivity index (χ0) is 19.6. The van der Waals surface area contributed by atoms with Crippen LogP contribution in [0.3, 0.4) is 0 Å². The molecule has 0 bridgehead atoms. The van der Waals surface area contributed by atoms with Crippen molar-refractivity contribution in [2.45, 2.75) is 30.5 Å². The minimum absolute atomic E-state index is 0.0522. The summed E-state index contributed by atoms with van der Waals surface area (Å²) in [5.41, 5.74) is -0.578. The van der Waals surface area contributed by atoms with E-state index in [0.717, 1.165) is 12.1 Å². The van der Waals surface area contributed by atoms with Gasteiger partial charge in [0.05, 0.1) is 21.9 Å². The summed E-state index contributed by atoms with van der Waals surface area (Å²) >= 11 is 6.11. The minimum atomic E-state index is -4.48. The largest absolute Gasteiger partial charge is 0.416 e. The molecule has 0 heterocycles. The van der Waals surface area contributed by atoms with E-state index in [1.54, 1.807) is 13.0 Å². The second kappa shape index (κ2) is 7.72. The Morgan fingerprint density at radius 2 is 1.88 bits per heavy atom. The summed E-state index contributed by atoms with van der Waals surface area (Å²) in [5, 5.41) is 0. The van der Waals surface area contributed by atoms with Crippen LogP contribution < -0.4 is 0 Å². The summed E-state index contributed by atoms with van der Waals surface area (Å²) < 4.78 is 73.1. The van der Waals surface area contributed by atoms with E-state index in [9.17, 15) is 21.6 Å². The number of benzene rings is 1. The van der Waals surface area contributed by atoms with E-state index >= 15 is 0 Å². The van der Waals surface area contributed by atoms with E-state index in [4.69, 9.17) is 20.5 Å². The van der Waals surface area contributed by atoms with Crippen LogP contribution in [-0.2, 0) is 25.2 Å². The molecule has 9 heteroatoms. The first kappa shape index (κ1) is 21.0. The summed E-state index contributed by atoms with van der Waals surface area (Å²) in [4.78, 5) is -0.720. The highest BCUT2D eigenvalue weighted by Gasteiger charge is 2.31. The molecule has 26 heavy (non-hydrogen) atoms. The molecule has 2 rings (SSSR count). The number of rotatable bonds is 6. The van der Waals surface area contributed by atoms with Crippen molar-refractivity contribution in [3.63, 3.8) is 0 Å². The van der Waals surface area contributed by atoms with Gasteiger partial charge in [-0.2, -0.15) is 21.6 Å². The van der Waals surface area contributed by atoms with Gasteiger partial charge in [0.1, 0.15) is 6.10 Å². The average molecular weight is 411 g/mol. The van der Waals surface area contributed by atoms with Crippen molar-refractivity contribution in [3.8, 4) is 0 Å². The van der Waals surface area contributed by atoms with Crippen LogP contribution in [-0.4, -0.2) is 27.0 Å². The van der Waals surface area contributed by atoms with Crippen LogP contribution >= 0.6 is 11.6 Å². The van der Waals surface area contributed by atoms with Crippen LogP contribution in [0.1, 0.15) is 30.6 Å². The first-order valence-corrected chi connectivity index (χ1v) is 9.41. The van der Waals surface area contributed by atoms with E-state index in [0.29, 0.717) is 6.42 Å². The van der Waals surface area contributed by atoms with Gasteiger partial charge in [0.15, 0.2) is 0 Å². The zero-order valence-electron chi connectivity index (χ0n) is 14.1. The molecule has 0 N–H and O–H groups in total. The maximum atomic E-state index is 12.7. The summed E-state index contributed by atoms with van der Waals surface area (Å²) in [6, 6.07) is 4.07. The van der Waals surface area contributed by atoms with Gasteiger partial charge in [-0.1, -0.05) is 24.3 Å². The Balaban J connectivity index is 2.23. The lowest BCUT2D eigenvalue weighted by Gasteiger charge is -2.22. The van der Waals surface area contributed by atoms with Crippen LogP contribution in [0.2, 0.25) is 0 Å². The van der Waals surface area contributed by atoms with E-state index in [1.165, 1.54) is 31.4 Å². The standard InChI is InChI=1S/C17H18ClF3O4S/c1-16(18)9-7-14(8-10-16)26(22,23)25-15(11-24-2)12-3-5-13(6-4-12)17(19,20)21/h3-9,15H,10-11H2,1-2H3. The molecule has 1 aliphatic rings. The van der Waals surface area contributed by atoms with E-state index in [1.807, 2.05) is 0 Å². The van der Waals surface area contributed by atoms with E-state index in [2.05, 4.69) is 0 Å². The van der Waals surface area contributed by atoms with Gasteiger partial charge < -0.3 is 4.74 Å². The zero-order valence-corrected chi connectivity index (χ0v) is 15.7.